The van der Waals surface area contributed by atoms with E-state index in [9.17, 15) is 13.9 Å². The van der Waals surface area contributed by atoms with Crippen LogP contribution in [-0.4, -0.2) is 35.0 Å². The average Bonchev–Trinajstić information content (AvgIpc) is 3.23. The lowest BCUT2D eigenvalue weighted by Crippen LogP contribution is -2.21. The molecule has 0 saturated carbocycles. The van der Waals surface area contributed by atoms with Crippen LogP contribution in [0.15, 0.2) is 53.1 Å². The first kappa shape index (κ1) is 24.3. The molecule has 0 saturated heterocycles. The van der Waals surface area contributed by atoms with Crippen molar-refractivity contribution in [2.24, 2.45) is 0 Å². The predicted octanol–water partition coefficient (Wildman–Crippen LogP) is 4.80. The van der Waals surface area contributed by atoms with Gasteiger partial charge in [-0.05, 0) is 74.3 Å². The van der Waals surface area contributed by atoms with Crippen molar-refractivity contribution in [1.29, 1.82) is 0 Å². The van der Waals surface area contributed by atoms with Gasteiger partial charge in [0.25, 0.3) is 5.88 Å². The van der Waals surface area contributed by atoms with Gasteiger partial charge in [-0.15, -0.1) is 0 Å². The maximum Gasteiger partial charge on any atom is 0.261 e. The van der Waals surface area contributed by atoms with Gasteiger partial charge in [0, 0.05) is 17.2 Å². The van der Waals surface area contributed by atoms with Gasteiger partial charge in [0.2, 0.25) is 0 Å². The summed E-state index contributed by atoms with van der Waals surface area (Å²) in [7, 11) is 3.27. The minimum atomic E-state index is -1.19. The highest BCUT2D eigenvalue weighted by atomic mass is 19.1. The van der Waals surface area contributed by atoms with Crippen LogP contribution in [0.4, 0.5) is 8.78 Å². The highest BCUT2D eigenvalue weighted by Crippen LogP contribution is 2.37. The van der Waals surface area contributed by atoms with Gasteiger partial charge in [0.15, 0.2) is 5.58 Å². The van der Waals surface area contributed by atoms with Crippen molar-refractivity contribution < 1.29 is 23.1 Å². The number of likely N-dealkylation sites (N-methyl/N-ethyl adjacent to an activating group) is 1. The molecule has 0 bridgehead atoms. The Hall–Kier alpha value is -3.80. The quantitative estimate of drug-likeness (QED) is 0.388. The summed E-state index contributed by atoms with van der Waals surface area (Å²) >= 11 is 0. The van der Waals surface area contributed by atoms with Crippen molar-refractivity contribution in [2.45, 2.75) is 31.9 Å². The van der Waals surface area contributed by atoms with Crippen LogP contribution >= 0.6 is 0 Å². The number of para-hydroxylation sites is 1. The summed E-state index contributed by atoms with van der Waals surface area (Å²) in [5.41, 5.74) is 2.31. The summed E-state index contributed by atoms with van der Waals surface area (Å²) in [6.45, 7) is 3.17. The van der Waals surface area contributed by atoms with Crippen LogP contribution in [0.1, 0.15) is 36.8 Å². The lowest BCUT2D eigenvalue weighted by atomic mass is 9.94. The number of rotatable bonds is 6. The largest absolute Gasteiger partial charge is 0.478 e. The van der Waals surface area contributed by atoms with E-state index in [1.807, 2.05) is 24.3 Å². The zero-order valence-electron chi connectivity index (χ0n) is 19.8. The van der Waals surface area contributed by atoms with E-state index in [0.717, 1.165) is 17.2 Å². The fourth-order valence-electron chi connectivity index (χ4n) is 3.85. The monoisotopic (exact) mass is 477 g/mol. The summed E-state index contributed by atoms with van der Waals surface area (Å²) in [6, 6.07) is 12.2. The number of aliphatic hydroxyl groups is 1. The van der Waals surface area contributed by atoms with Crippen LogP contribution < -0.4 is 10.1 Å². The number of nitrogens with zero attached hydrogens (tertiary/aromatic N) is 2. The van der Waals surface area contributed by atoms with Crippen molar-refractivity contribution in [2.75, 3.05) is 14.2 Å². The van der Waals surface area contributed by atoms with E-state index in [2.05, 4.69) is 22.3 Å². The second-order valence-electron chi connectivity index (χ2n) is 8.64. The number of benzene rings is 2. The molecule has 4 rings (SSSR count). The Morgan fingerprint density at radius 1 is 1.11 bits per heavy atom. The molecule has 180 valence electrons. The van der Waals surface area contributed by atoms with Crippen molar-refractivity contribution >= 4 is 11.0 Å². The Balaban J connectivity index is 1.88. The molecule has 4 aromatic rings. The van der Waals surface area contributed by atoms with E-state index in [1.54, 1.807) is 27.0 Å². The molecule has 1 atom stereocenters. The molecule has 35 heavy (non-hydrogen) atoms. The first-order valence-electron chi connectivity index (χ1n) is 11.0. The molecule has 0 aliphatic carbocycles. The lowest BCUT2D eigenvalue weighted by molar-refractivity contribution is 0.143. The molecule has 0 aliphatic rings. The number of hydrogen-bond donors (Lipinski definition) is 2. The van der Waals surface area contributed by atoms with Crippen LogP contribution in [0.5, 0.6) is 5.88 Å². The number of methoxy groups -OCH3 is 1. The van der Waals surface area contributed by atoms with Gasteiger partial charge in [-0.25, -0.2) is 13.8 Å². The molecule has 2 heterocycles. The highest BCUT2D eigenvalue weighted by molar-refractivity contribution is 5.95. The van der Waals surface area contributed by atoms with Gasteiger partial charge >= 0.3 is 0 Å². The fourth-order valence-corrected chi connectivity index (χ4v) is 3.85. The van der Waals surface area contributed by atoms with E-state index >= 15 is 0 Å². The molecule has 0 aliphatic heterocycles. The molecular formula is C27H25F2N3O3. The van der Waals surface area contributed by atoms with Gasteiger partial charge < -0.3 is 19.7 Å². The number of hydrogen-bond acceptors (Lipinski definition) is 6. The van der Waals surface area contributed by atoms with E-state index < -0.39 is 23.3 Å². The van der Waals surface area contributed by atoms with Crippen molar-refractivity contribution in [1.82, 2.24) is 15.5 Å². The van der Waals surface area contributed by atoms with Gasteiger partial charge in [-0.3, -0.25) is 0 Å². The van der Waals surface area contributed by atoms with Crippen LogP contribution in [0.3, 0.4) is 0 Å². The fraction of sp³-hybridized carbons (Fsp3) is 0.259. The van der Waals surface area contributed by atoms with Gasteiger partial charge in [-0.1, -0.05) is 18.1 Å². The number of halogens is 2. The molecule has 2 N–H and O–H groups in total. The third-order valence-electron chi connectivity index (χ3n) is 5.41. The maximum absolute atomic E-state index is 13.9. The smallest absolute Gasteiger partial charge is 0.261 e. The van der Waals surface area contributed by atoms with E-state index in [4.69, 9.17) is 14.2 Å². The number of pyridine rings is 1. The minimum Gasteiger partial charge on any atom is -0.478 e. The van der Waals surface area contributed by atoms with Crippen LogP contribution in [0.25, 0.3) is 22.1 Å². The molecule has 2 aromatic heterocycles. The zero-order chi connectivity index (χ0) is 25.2. The maximum atomic E-state index is 13.9. The average molecular weight is 478 g/mol. The summed E-state index contributed by atoms with van der Waals surface area (Å²) in [5.74, 6) is 4.74. The Morgan fingerprint density at radius 3 is 2.51 bits per heavy atom. The molecule has 0 radical (unpaired) electrons. The molecule has 0 amide bonds. The normalized spacial score (nSPS) is 12.3. The predicted molar refractivity (Wildman–Crippen MR) is 129 cm³/mol. The number of ether oxygens (including phenoxy) is 1. The summed E-state index contributed by atoms with van der Waals surface area (Å²) in [5, 5.41) is 17.9. The minimum absolute atomic E-state index is 0.267. The summed E-state index contributed by atoms with van der Waals surface area (Å²) < 4.78 is 38.6. The third-order valence-corrected chi connectivity index (χ3v) is 5.41. The summed E-state index contributed by atoms with van der Waals surface area (Å²) in [6.07, 6.45) is 0.267. The van der Waals surface area contributed by atoms with Crippen LogP contribution in [-0.2, 0) is 6.42 Å². The van der Waals surface area contributed by atoms with Crippen molar-refractivity contribution in [3.8, 4) is 28.8 Å². The third kappa shape index (κ3) is 5.48. The number of nitrogens with one attached hydrogen (secondary N) is 1. The van der Waals surface area contributed by atoms with Crippen molar-refractivity contribution in [3.05, 3.63) is 77.1 Å². The van der Waals surface area contributed by atoms with E-state index in [0.29, 0.717) is 33.8 Å². The topological polar surface area (TPSA) is 80.4 Å². The number of fused-ring (bicyclic) bond motifs is 1. The Bertz CT molecular complexity index is 1410. The molecule has 8 heteroatoms. The van der Waals surface area contributed by atoms with Crippen molar-refractivity contribution in [3.63, 3.8) is 0 Å². The molecule has 6 nitrogen and oxygen atoms in total. The van der Waals surface area contributed by atoms with Gasteiger partial charge in [-0.2, -0.15) is 0 Å². The standard InChI is InChI=1S/C27H25F2N3O3/c1-27(2,33)11-10-19-8-9-20(21-6-5-7-22-25(21)35-32-26(22)34-4)24(31-19)23(30-3)14-16-12-17(28)15-18(29)13-16/h5-9,12-13,15,23,30,33H,14H2,1-4H3. The lowest BCUT2D eigenvalue weighted by Gasteiger charge is -2.20. The second kappa shape index (κ2) is 9.82. The SMILES string of the molecule is CNC(Cc1cc(F)cc(F)c1)c1nc(C#CC(C)(C)O)ccc1-c1cccc2c(OC)noc12. The van der Waals surface area contributed by atoms with Gasteiger partial charge in [0.05, 0.1) is 24.2 Å². The Morgan fingerprint density at radius 2 is 1.86 bits per heavy atom. The molecular weight excluding hydrogens is 452 g/mol. The van der Waals surface area contributed by atoms with Crippen LogP contribution in [0.2, 0.25) is 0 Å². The van der Waals surface area contributed by atoms with E-state index in [1.165, 1.54) is 19.2 Å². The molecule has 0 fully saturated rings. The first-order chi connectivity index (χ1) is 16.7. The number of aromatic nitrogens is 2. The highest BCUT2D eigenvalue weighted by Gasteiger charge is 2.22. The van der Waals surface area contributed by atoms with Crippen LogP contribution in [0, 0.1) is 23.5 Å². The Kier molecular flexibility index (Phi) is 6.83. The molecule has 0 spiro atoms. The summed E-state index contributed by atoms with van der Waals surface area (Å²) in [4.78, 5) is 4.77. The van der Waals surface area contributed by atoms with Gasteiger partial charge in [0.1, 0.15) is 22.9 Å². The Labute approximate surface area is 201 Å². The second-order valence-corrected chi connectivity index (χ2v) is 8.64. The zero-order valence-corrected chi connectivity index (χ0v) is 19.8. The molecule has 2 aromatic carbocycles. The first-order valence-corrected chi connectivity index (χ1v) is 11.0. The van der Waals surface area contributed by atoms with E-state index in [-0.39, 0.29) is 6.42 Å². The molecule has 1 unspecified atom stereocenters.